The van der Waals surface area contributed by atoms with Gasteiger partial charge in [-0.25, -0.2) is 0 Å². The van der Waals surface area contributed by atoms with Gasteiger partial charge in [-0.2, -0.15) is 5.10 Å². The Morgan fingerprint density at radius 1 is 1.07 bits per heavy atom. The Morgan fingerprint density at radius 3 is 2.46 bits per heavy atom. The monoisotopic (exact) mass is 399 g/mol. The van der Waals surface area contributed by atoms with Crippen molar-refractivity contribution in [2.75, 3.05) is 0 Å². The summed E-state index contributed by atoms with van der Waals surface area (Å²) in [5, 5.41) is 31.7. The van der Waals surface area contributed by atoms with Gasteiger partial charge in [0, 0.05) is 29.8 Å². The predicted octanol–water partition coefficient (Wildman–Crippen LogP) is 2.67. The van der Waals surface area contributed by atoms with Crippen molar-refractivity contribution in [1.82, 2.24) is 5.32 Å². The van der Waals surface area contributed by atoms with E-state index in [1.807, 2.05) is 0 Å². The largest absolute Gasteiger partial charge is 0.303 e. The van der Waals surface area contributed by atoms with E-state index in [1.165, 1.54) is 42.2 Å². The third-order valence-corrected chi connectivity index (χ3v) is 4.85. The normalized spacial score (nSPS) is 17.8. The highest BCUT2D eigenvalue weighted by molar-refractivity contribution is 8.15. The van der Waals surface area contributed by atoms with Gasteiger partial charge >= 0.3 is 0 Å². The van der Waals surface area contributed by atoms with Crippen LogP contribution in [0.3, 0.4) is 0 Å². The molecule has 142 valence electrons. The number of nitro benzene ring substituents is 2. The lowest BCUT2D eigenvalue weighted by Gasteiger charge is -2.04. The van der Waals surface area contributed by atoms with E-state index in [2.05, 4.69) is 15.5 Å². The zero-order valence-electron chi connectivity index (χ0n) is 14.2. The third kappa shape index (κ3) is 4.76. The van der Waals surface area contributed by atoms with Crippen LogP contribution in [-0.2, 0) is 11.2 Å². The molecular weight excluding hydrogens is 386 g/mol. The molecule has 10 nitrogen and oxygen atoms in total. The summed E-state index contributed by atoms with van der Waals surface area (Å²) in [5.74, 6) is -0.229. The average molecular weight is 399 g/mol. The number of amides is 1. The number of benzene rings is 2. The second-order valence-corrected chi connectivity index (χ2v) is 6.92. The van der Waals surface area contributed by atoms with Crippen molar-refractivity contribution in [2.45, 2.75) is 11.7 Å². The molecule has 0 bridgehead atoms. The van der Waals surface area contributed by atoms with Gasteiger partial charge in [-0.15, -0.1) is 5.10 Å². The van der Waals surface area contributed by atoms with Crippen LogP contribution in [0.25, 0.3) is 0 Å². The van der Waals surface area contributed by atoms with Crippen molar-refractivity contribution >= 4 is 40.4 Å². The number of nitrogens with zero attached hydrogens (tertiary/aromatic N) is 4. The predicted molar refractivity (Wildman–Crippen MR) is 104 cm³/mol. The molecule has 28 heavy (non-hydrogen) atoms. The van der Waals surface area contributed by atoms with Gasteiger partial charge in [-0.3, -0.25) is 25.0 Å². The number of rotatable bonds is 6. The summed E-state index contributed by atoms with van der Waals surface area (Å²) in [6.07, 6.45) is 1.75. The second kappa shape index (κ2) is 8.39. The van der Waals surface area contributed by atoms with E-state index in [0.29, 0.717) is 17.2 Å². The first kappa shape index (κ1) is 19.2. The third-order valence-electron chi connectivity index (χ3n) is 3.78. The van der Waals surface area contributed by atoms with Crippen molar-refractivity contribution in [3.63, 3.8) is 0 Å². The molecule has 2 aromatic carbocycles. The smallest absolute Gasteiger partial charge is 0.270 e. The van der Waals surface area contributed by atoms with E-state index in [4.69, 9.17) is 0 Å². The number of thioether (sulfide) groups is 1. The van der Waals surface area contributed by atoms with Gasteiger partial charge in [0.25, 0.3) is 11.4 Å². The van der Waals surface area contributed by atoms with Gasteiger partial charge in [-0.05, 0) is 12.0 Å². The summed E-state index contributed by atoms with van der Waals surface area (Å²) in [4.78, 5) is 32.5. The summed E-state index contributed by atoms with van der Waals surface area (Å²) < 4.78 is 0. The SMILES string of the molecule is O=C1NC(=NN=Cc2cccc([N+](=O)[O-])c2)S[C@@H]1Cc1ccc([N+](=O)[O-])cc1. The maximum Gasteiger partial charge on any atom is 0.270 e. The fourth-order valence-electron chi connectivity index (χ4n) is 2.42. The van der Waals surface area contributed by atoms with E-state index in [1.54, 1.807) is 24.3 Å². The first-order valence-electron chi connectivity index (χ1n) is 7.99. The lowest BCUT2D eigenvalue weighted by molar-refractivity contribution is -0.385. The van der Waals surface area contributed by atoms with Gasteiger partial charge in [0.15, 0.2) is 5.17 Å². The molecule has 1 heterocycles. The van der Waals surface area contributed by atoms with Crippen molar-refractivity contribution in [3.05, 3.63) is 79.9 Å². The molecule has 1 aliphatic rings. The lowest BCUT2D eigenvalue weighted by Crippen LogP contribution is -2.25. The number of nitro groups is 2. The number of amidine groups is 1. The van der Waals surface area contributed by atoms with Crippen molar-refractivity contribution in [3.8, 4) is 0 Å². The molecule has 1 saturated heterocycles. The van der Waals surface area contributed by atoms with Crippen LogP contribution in [0.5, 0.6) is 0 Å². The summed E-state index contributed by atoms with van der Waals surface area (Å²) in [6, 6.07) is 11.9. The molecule has 1 atom stereocenters. The molecule has 1 amide bonds. The highest BCUT2D eigenvalue weighted by Gasteiger charge is 2.30. The van der Waals surface area contributed by atoms with Gasteiger partial charge in [0.2, 0.25) is 5.91 Å². The molecule has 11 heteroatoms. The van der Waals surface area contributed by atoms with Gasteiger partial charge in [0.1, 0.15) is 0 Å². The Balaban J connectivity index is 1.62. The molecule has 0 aromatic heterocycles. The zero-order valence-corrected chi connectivity index (χ0v) is 15.0. The maximum atomic E-state index is 12.1. The van der Waals surface area contributed by atoms with E-state index >= 15 is 0 Å². The quantitative estimate of drug-likeness (QED) is 0.450. The van der Waals surface area contributed by atoms with Crippen LogP contribution in [0, 0.1) is 20.2 Å². The second-order valence-electron chi connectivity index (χ2n) is 5.73. The van der Waals surface area contributed by atoms with E-state index in [-0.39, 0.29) is 17.3 Å². The minimum absolute atomic E-state index is 0.00925. The maximum absolute atomic E-state index is 12.1. The Kier molecular flexibility index (Phi) is 5.75. The highest BCUT2D eigenvalue weighted by atomic mass is 32.2. The molecule has 1 fully saturated rings. The number of non-ortho nitro benzene ring substituents is 2. The molecule has 0 aliphatic carbocycles. The molecular formula is C17H13N5O5S. The average Bonchev–Trinajstić information content (AvgIpc) is 3.01. The van der Waals surface area contributed by atoms with E-state index < -0.39 is 15.1 Å². The van der Waals surface area contributed by atoms with Crippen LogP contribution in [0.15, 0.2) is 58.7 Å². The molecule has 1 aliphatic heterocycles. The minimum atomic E-state index is -0.501. The Hall–Kier alpha value is -3.60. The standard InChI is InChI=1S/C17H13N5O5S/c23-16-15(9-11-4-6-13(7-5-11)21(24)25)28-17(19-16)20-18-10-12-2-1-3-14(8-12)22(26)27/h1-8,10,15H,9H2,(H,19,20,23)/t15-/m1/s1. The van der Waals surface area contributed by atoms with Gasteiger partial charge < -0.3 is 5.32 Å². The van der Waals surface area contributed by atoms with Crippen LogP contribution in [0.2, 0.25) is 0 Å². The first-order chi connectivity index (χ1) is 13.4. The molecule has 0 unspecified atom stereocenters. The molecule has 2 aromatic rings. The number of carbonyl (C=O) groups excluding carboxylic acids is 1. The summed E-state index contributed by atoms with van der Waals surface area (Å²) >= 11 is 1.20. The molecule has 3 rings (SSSR count). The number of hydrogen-bond donors (Lipinski definition) is 1. The van der Waals surface area contributed by atoms with Crippen LogP contribution in [-0.4, -0.2) is 32.4 Å². The van der Waals surface area contributed by atoms with Crippen molar-refractivity contribution in [1.29, 1.82) is 0 Å². The molecule has 1 N–H and O–H groups in total. The summed E-state index contributed by atoms with van der Waals surface area (Å²) in [5.41, 5.74) is 1.24. The number of hydrogen-bond acceptors (Lipinski definition) is 8. The Bertz CT molecular complexity index is 990. The van der Waals surface area contributed by atoms with E-state index in [0.717, 1.165) is 5.56 Å². The fraction of sp³-hybridized carbons (Fsp3) is 0.118. The summed E-state index contributed by atoms with van der Waals surface area (Å²) in [6.45, 7) is 0. The summed E-state index contributed by atoms with van der Waals surface area (Å²) in [7, 11) is 0. The lowest BCUT2D eigenvalue weighted by atomic mass is 10.1. The molecule has 0 spiro atoms. The van der Waals surface area contributed by atoms with Crippen LogP contribution in [0.1, 0.15) is 11.1 Å². The number of carbonyl (C=O) groups is 1. The van der Waals surface area contributed by atoms with Crippen molar-refractivity contribution in [2.24, 2.45) is 10.2 Å². The molecule has 0 saturated carbocycles. The first-order valence-corrected chi connectivity index (χ1v) is 8.86. The van der Waals surface area contributed by atoms with Crippen LogP contribution in [0.4, 0.5) is 11.4 Å². The van der Waals surface area contributed by atoms with Gasteiger partial charge in [-0.1, -0.05) is 36.0 Å². The Morgan fingerprint density at radius 2 is 1.79 bits per heavy atom. The van der Waals surface area contributed by atoms with Gasteiger partial charge in [0.05, 0.1) is 21.3 Å². The zero-order chi connectivity index (χ0) is 20.1. The number of nitrogens with one attached hydrogen (secondary N) is 1. The van der Waals surface area contributed by atoms with Crippen LogP contribution >= 0.6 is 11.8 Å². The Labute approximate surface area is 162 Å². The fourth-order valence-corrected chi connectivity index (χ4v) is 3.39. The minimum Gasteiger partial charge on any atom is -0.303 e. The van der Waals surface area contributed by atoms with Crippen LogP contribution < -0.4 is 5.32 Å². The van der Waals surface area contributed by atoms with Crippen molar-refractivity contribution < 1.29 is 14.6 Å². The topological polar surface area (TPSA) is 140 Å². The van der Waals surface area contributed by atoms with E-state index in [9.17, 15) is 25.0 Å². The highest BCUT2D eigenvalue weighted by Crippen LogP contribution is 2.24. The molecule has 0 radical (unpaired) electrons.